The van der Waals surface area contributed by atoms with Crippen molar-refractivity contribution in [2.75, 3.05) is 0 Å². The third-order valence-corrected chi connectivity index (χ3v) is 3.10. The van der Waals surface area contributed by atoms with E-state index in [1.54, 1.807) is 24.3 Å². The highest BCUT2D eigenvalue weighted by Crippen LogP contribution is 2.16. The number of nitrogens with one attached hydrogen (secondary N) is 1. The highest BCUT2D eigenvalue weighted by atomic mass is 35.5. The van der Waals surface area contributed by atoms with Crippen molar-refractivity contribution in [1.82, 2.24) is 5.32 Å². The second kappa shape index (κ2) is 6.74. The number of amides is 1. The first-order valence-electron chi connectivity index (χ1n) is 6.17. The van der Waals surface area contributed by atoms with Crippen LogP contribution in [0.25, 0.3) is 0 Å². The van der Waals surface area contributed by atoms with Gasteiger partial charge in [-0.15, -0.1) is 0 Å². The Morgan fingerprint density at radius 1 is 1.15 bits per heavy atom. The smallest absolute Gasteiger partial charge is 0.225 e. The Labute approximate surface area is 122 Å². The van der Waals surface area contributed by atoms with E-state index < -0.39 is 6.04 Å². The van der Waals surface area contributed by atoms with Crippen LogP contribution in [0.5, 0.6) is 0 Å². The van der Waals surface area contributed by atoms with E-state index in [2.05, 4.69) is 11.4 Å². The van der Waals surface area contributed by atoms with Crippen LogP contribution in [0.15, 0.2) is 54.6 Å². The third kappa shape index (κ3) is 3.84. The van der Waals surface area contributed by atoms with E-state index in [1.807, 2.05) is 30.3 Å². The lowest BCUT2D eigenvalue weighted by Gasteiger charge is -2.12. The van der Waals surface area contributed by atoms with Crippen molar-refractivity contribution < 1.29 is 4.79 Å². The molecule has 0 saturated heterocycles. The molecule has 0 aromatic heterocycles. The SMILES string of the molecule is N#CC(NC(=O)Cc1ccccc1)c1ccc(Cl)cc1. The molecule has 0 fully saturated rings. The van der Waals surface area contributed by atoms with Gasteiger partial charge in [0.05, 0.1) is 12.5 Å². The van der Waals surface area contributed by atoms with Crippen LogP contribution < -0.4 is 5.32 Å². The van der Waals surface area contributed by atoms with Gasteiger partial charge in [0.2, 0.25) is 5.91 Å². The summed E-state index contributed by atoms with van der Waals surface area (Å²) < 4.78 is 0. The Kier molecular flexibility index (Phi) is 4.75. The van der Waals surface area contributed by atoms with E-state index in [9.17, 15) is 4.79 Å². The molecule has 0 aliphatic heterocycles. The molecule has 0 bridgehead atoms. The minimum Gasteiger partial charge on any atom is -0.336 e. The topological polar surface area (TPSA) is 52.9 Å². The molecule has 2 aromatic rings. The number of carbonyl (C=O) groups excluding carboxylic acids is 1. The highest BCUT2D eigenvalue weighted by Gasteiger charge is 2.13. The molecule has 20 heavy (non-hydrogen) atoms. The minimum absolute atomic E-state index is 0.183. The summed E-state index contributed by atoms with van der Waals surface area (Å²) in [4.78, 5) is 11.9. The summed E-state index contributed by atoms with van der Waals surface area (Å²) in [6.07, 6.45) is 0.257. The first-order valence-corrected chi connectivity index (χ1v) is 6.55. The lowest BCUT2D eigenvalue weighted by atomic mass is 10.1. The summed E-state index contributed by atoms with van der Waals surface area (Å²) in [6.45, 7) is 0. The second-order valence-electron chi connectivity index (χ2n) is 4.34. The van der Waals surface area contributed by atoms with Gasteiger partial charge in [0.25, 0.3) is 0 Å². The molecule has 1 amide bonds. The number of carbonyl (C=O) groups is 1. The van der Waals surface area contributed by atoms with E-state index >= 15 is 0 Å². The van der Waals surface area contributed by atoms with E-state index in [0.717, 1.165) is 11.1 Å². The van der Waals surface area contributed by atoms with Crippen LogP contribution >= 0.6 is 11.6 Å². The summed E-state index contributed by atoms with van der Waals surface area (Å²) in [5, 5.41) is 12.5. The fraction of sp³-hybridized carbons (Fsp3) is 0.125. The molecule has 2 rings (SSSR count). The van der Waals surface area contributed by atoms with Crippen molar-refractivity contribution in [3.8, 4) is 6.07 Å². The van der Waals surface area contributed by atoms with Gasteiger partial charge >= 0.3 is 0 Å². The number of benzene rings is 2. The second-order valence-corrected chi connectivity index (χ2v) is 4.78. The van der Waals surface area contributed by atoms with Crippen molar-refractivity contribution in [1.29, 1.82) is 5.26 Å². The Balaban J connectivity index is 2.02. The molecule has 0 radical (unpaired) electrons. The summed E-state index contributed by atoms with van der Waals surface area (Å²) in [7, 11) is 0. The first kappa shape index (κ1) is 14.1. The number of hydrogen-bond acceptors (Lipinski definition) is 2. The van der Waals surface area contributed by atoms with E-state index in [0.29, 0.717) is 5.02 Å². The van der Waals surface area contributed by atoms with E-state index in [4.69, 9.17) is 16.9 Å². The summed E-state index contributed by atoms with van der Waals surface area (Å²) in [6, 6.07) is 17.7. The fourth-order valence-electron chi connectivity index (χ4n) is 1.84. The molecule has 0 heterocycles. The van der Waals surface area contributed by atoms with Crippen LogP contribution in [0.1, 0.15) is 17.2 Å². The number of nitriles is 1. The molecule has 1 atom stereocenters. The molecule has 0 saturated carbocycles. The third-order valence-electron chi connectivity index (χ3n) is 2.85. The van der Waals surface area contributed by atoms with Crippen LogP contribution in [0, 0.1) is 11.3 Å². The molecule has 2 aromatic carbocycles. The molecule has 100 valence electrons. The Hall–Kier alpha value is -2.31. The molecule has 1 N–H and O–H groups in total. The highest BCUT2D eigenvalue weighted by molar-refractivity contribution is 6.30. The standard InChI is InChI=1S/C16H13ClN2O/c17-14-8-6-13(7-9-14)15(11-18)19-16(20)10-12-4-2-1-3-5-12/h1-9,15H,10H2,(H,19,20). The largest absolute Gasteiger partial charge is 0.336 e. The van der Waals surface area contributed by atoms with Gasteiger partial charge in [-0.25, -0.2) is 0 Å². The molecule has 4 heteroatoms. The Morgan fingerprint density at radius 2 is 1.80 bits per heavy atom. The maximum Gasteiger partial charge on any atom is 0.225 e. The summed E-state index contributed by atoms with van der Waals surface area (Å²) >= 11 is 5.80. The predicted octanol–water partition coefficient (Wildman–Crippen LogP) is 3.26. The Bertz CT molecular complexity index is 617. The zero-order chi connectivity index (χ0) is 14.4. The minimum atomic E-state index is -0.663. The van der Waals surface area contributed by atoms with Crippen LogP contribution in [0.2, 0.25) is 5.02 Å². The number of hydrogen-bond donors (Lipinski definition) is 1. The lowest BCUT2D eigenvalue weighted by molar-refractivity contribution is -0.120. The maximum absolute atomic E-state index is 11.9. The van der Waals surface area contributed by atoms with Crippen LogP contribution in [0.3, 0.4) is 0 Å². The Morgan fingerprint density at radius 3 is 2.40 bits per heavy atom. The molecule has 0 aliphatic carbocycles. The van der Waals surface area contributed by atoms with Gasteiger partial charge in [-0.2, -0.15) is 5.26 Å². The molecule has 3 nitrogen and oxygen atoms in total. The quantitative estimate of drug-likeness (QED) is 0.937. The van der Waals surface area contributed by atoms with E-state index in [1.165, 1.54) is 0 Å². The van der Waals surface area contributed by atoms with Crippen LogP contribution in [-0.2, 0) is 11.2 Å². The van der Waals surface area contributed by atoms with Crippen molar-refractivity contribution in [3.05, 3.63) is 70.7 Å². The summed E-state index contributed by atoms with van der Waals surface area (Å²) in [5.74, 6) is -0.183. The fourth-order valence-corrected chi connectivity index (χ4v) is 1.96. The molecule has 0 spiro atoms. The predicted molar refractivity (Wildman–Crippen MR) is 78.1 cm³/mol. The van der Waals surface area contributed by atoms with Crippen molar-refractivity contribution >= 4 is 17.5 Å². The van der Waals surface area contributed by atoms with Gasteiger partial charge in [-0.1, -0.05) is 54.1 Å². The van der Waals surface area contributed by atoms with Gasteiger partial charge in [0.15, 0.2) is 0 Å². The molecule has 1 unspecified atom stereocenters. The number of rotatable bonds is 4. The monoisotopic (exact) mass is 284 g/mol. The van der Waals surface area contributed by atoms with Gasteiger partial charge in [0.1, 0.15) is 6.04 Å². The zero-order valence-electron chi connectivity index (χ0n) is 10.7. The molecular formula is C16H13ClN2O. The first-order chi connectivity index (χ1) is 9.69. The van der Waals surface area contributed by atoms with Gasteiger partial charge in [0, 0.05) is 5.02 Å². The molecular weight excluding hydrogens is 272 g/mol. The number of halogens is 1. The van der Waals surface area contributed by atoms with Crippen molar-refractivity contribution in [2.24, 2.45) is 0 Å². The zero-order valence-corrected chi connectivity index (χ0v) is 11.5. The average Bonchev–Trinajstić information content (AvgIpc) is 2.47. The van der Waals surface area contributed by atoms with E-state index in [-0.39, 0.29) is 12.3 Å². The van der Waals surface area contributed by atoms with Crippen molar-refractivity contribution in [3.63, 3.8) is 0 Å². The van der Waals surface area contributed by atoms with Gasteiger partial charge in [-0.05, 0) is 23.3 Å². The average molecular weight is 285 g/mol. The maximum atomic E-state index is 11.9. The summed E-state index contributed by atoms with van der Waals surface area (Å²) in [5.41, 5.74) is 1.64. The van der Waals surface area contributed by atoms with Crippen LogP contribution in [0.4, 0.5) is 0 Å². The van der Waals surface area contributed by atoms with Gasteiger partial charge in [-0.3, -0.25) is 4.79 Å². The lowest BCUT2D eigenvalue weighted by Crippen LogP contribution is -2.28. The number of nitrogens with zero attached hydrogens (tertiary/aromatic N) is 1. The normalized spacial score (nSPS) is 11.4. The van der Waals surface area contributed by atoms with Crippen LogP contribution in [-0.4, -0.2) is 5.91 Å². The molecule has 0 aliphatic rings. The van der Waals surface area contributed by atoms with Crippen molar-refractivity contribution in [2.45, 2.75) is 12.5 Å². The van der Waals surface area contributed by atoms with Gasteiger partial charge < -0.3 is 5.32 Å².